The highest BCUT2D eigenvalue weighted by atomic mass is 35.5. The zero-order valence-electron chi connectivity index (χ0n) is 14.9. The molecular formula is C20H25ClN4O. The average molecular weight is 373 g/mol. The Hall–Kier alpha value is -1.85. The zero-order chi connectivity index (χ0) is 17.0. The third-order valence-electron chi connectivity index (χ3n) is 6.17. The number of carbonyl (C=O) groups excluding carboxylic acids is 1. The molecule has 1 saturated carbocycles. The third-order valence-corrected chi connectivity index (χ3v) is 6.17. The number of hydrogen-bond donors (Lipinski definition) is 2. The van der Waals surface area contributed by atoms with Gasteiger partial charge in [0, 0.05) is 37.2 Å². The van der Waals surface area contributed by atoms with Crippen molar-refractivity contribution in [3.63, 3.8) is 0 Å². The fraction of sp³-hybridized carbons (Fsp3) is 0.500. The van der Waals surface area contributed by atoms with Gasteiger partial charge in [-0.25, -0.2) is 0 Å². The van der Waals surface area contributed by atoms with Gasteiger partial charge in [0.05, 0.1) is 6.04 Å². The molecule has 0 bridgehead atoms. The number of amides is 1. The van der Waals surface area contributed by atoms with Gasteiger partial charge in [-0.2, -0.15) is 5.10 Å². The number of nitrogens with zero attached hydrogens (tertiary/aromatic N) is 2. The highest BCUT2D eigenvalue weighted by molar-refractivity contribution is 5.93. The minimum absolute atomic E-state index is 0. The quantitative estimate of drug-likeness (QED) is 0.870. The summed E-state index contributed by atoms with van der Waals surface area (Å²) < 4.78 is 0. The number of rotatable bonds is 3. The minimum atomic E-state index is 0. The molecule has 1 aromatic carbocycles. The molecule has 2 aromatic rings. The number of nitrogens with one attached hydrogen (secondary N) is 2. The number of aromatic nitrogens is 2. The zero-order valence-corrected chi connectivity index (χ0v) is 15.8. The van der Waals surface area contributed by atoms with E-state index in [2.05, 4.69) is 51.6 Å². The van der Waals surface area contributed by atoms with Gasteiger partial charge in [0.25, 0.3) is 5.91 Å². The molecule has 3 atom stereocenters. The normalized spacial score (nSPS) is 27.3. The summed E-state index contributed by atoms with van der Waals surface area (Å²) in [6, 6.07) is 10.6. The molecule has 138 valence electrons. The Morgan fingerprint density at radius 2 is 2.04 bits per heavy atom. The molecule has 26 heavy (non-hydrogen) atoms. The number of aryl methyl sites for hydroxylation is 1. The fourth-order valence-electron chi connectivity index (χ4n) is 4.64. The molecule has 2 saturated heterocycles. The van der Waals surface area contributed by atoms with E-state index in [-0.39, 0.29) is 24.4 Å². The molecule has 6 heteroatoms. The van der Waals surface area contributed by atoms with E-state index in [1.54, 1.807) is 0 Å². The van der Waals surface area contributed by atoms with E-state index in [1.807, 2.05) is 6.07 Å². The SMILES string of the molecule is Cc1ccccc1[C@H]1[C@H]2CNC[C@H]2CN1C(=O)c1cc(C2CC2)[nH]n1.Cl. The Morgan fingerprint density at radius 1 is 1.23 bits per heavy atom. The van der Waals surface area contributed by atoms with E-state index in [1.165, 1.54) is 24.0 Å². The van der Waals surface area contributed by atoms with E-state index in [9.17, 15) is 4.79 Å². The second kappa shape index (κ2) is 6.71. The number of halogens is 1. The van der Waals surface area contributed by atoms with Gasteiger partial charge in [0.15, 0.2) is 0 Å². The van der Waals surface area contributed by atoms with Crippen LogP contribution in [0, 0.1) is 18.8 Å². The van der Waals surface area contributed by atoms with E-state index < -0.39 is 0 Å². The van der Waals surface area contributed by atoms with Crippen LogP contribution in [0.5, 0.6) is 0 Å². The van der Waals surface area contributed by atoms with Gasteiger partial charge in [-0.05, 0) is 42.9 Å². The van der Waals surface area contributed by atoms with Crippen molar-refractivity contribution in [3.8, 4) is 0 Å². The Labute approximate surface area is 160 Å². The summed E-state index contributed by atoms with van der Waals surface area (Å²) in [6.07, 6.45) is 2.42. The predicted octanol–water partition coefficient (Wildman–Crippen LogP) is 3.05. The van der Waals surface area contributed by atoms with Crippen LogP contribution in [0.15, 0.2) is 30.3 Å². The van der Waals surface area contributed by atoms with Gasteiger partial charge >= 0.3 is 0 Å². The van der Waals surface area contributed by atoms with Crippen LogP contribution < -0.4 is 5.32 Å². The average Bonchev–Trinajstić information content (AvgIpc) is 3.05. The molecule has 5 nitrogen and oxygen atoms in total. The predicted molar refractivity (Wildman–Crippen MR) is 103 cm³/mol. The number of fused-ring (bicyclic) bond motifs is 1. The highest BCUT2D eigenvalue weighted by Gasteiger charge is 2.47. The molecule has 3 aliphatic rings. The van der Waals surface area contributed by atoms with Gasteiger partial charge in [-0.1, -0.05) is 24.3 Å². The van der Waals surface area contributed by atoms with Crippen LogP contribution in [0.25, 0.3) is 0 Å². The Morgan fingerprint density at radius 3 is 2.81 bits per heavy atom. The lowest BCUT2D eigenvalue weighted by molar-refractivity contribution is 0.0707. The lowest BCUT2D eigenvalue weighted by Gasteiger charge is -2.29. The summed E-state index contributed by atoms with van der Waals surface area (Å²) in [5.41, 5.74) is 4.24. The molecule has 2 aliphatic heterocycles. The minimum Gasteiger partial charge on any atom is -0.330 e. The molecule has 1 aliphatic carbocycles. The van der Waals surface area contributed by atoms with Crippen molar-refractivity contribution in [2.24, 2.45) is 11.8 Å². The van der Waals surface area contributed by atoms with Gasteiger partial charge in [0.1, 0.15) is 5.69 Å². The monoisotopic (exact) mass is 372 g/mol. The number of carbonyl (C=O) groups is 1. The topological polar surface area (TPSA) is 61.0 Å². The summed E-state index contributed by atoms with van der Waals surface area (Å²) >= 11 is 0. The maximum Gasteiger partial charge on any atom is 0.274 e. The molecule has 0 spiro atoms. The molecular weight excluding hydrogens is 348 g/mol. The third kappa shape index (κ3) is 2.83. The first-order chi connectivity index (χ1) is 12.2. The largest absolute Gasteiger partial charge is 0.330 e. The number of aromatic amines is 1. The van der Waals surface area contributed by atoms with Crippen LogP contribution in [-0.2, 0) is 0 Å². The molecule has 0 unspecified atom stereocenters. The van der Waals surface area contributed by atoms with Gasteiger partial charge in [0.2, 0.25) is 0 Å². The second-order valence-electron chi connectivity index (χ2n) is 7.82. The van der Waals surface area contributed by atoms with Crippen LogP contribution in [0.1, 0.15) is 52.1 Å². The van der Waals surface area contributed by atoms with Gasteiger partial charge in [-0.15, -0.1) is 12.4 Å². The molecule has 1 aromatic heterocycles. The van der Waals surface area contributed by atoms with Crippen molar-refractivity contribution >= 4 is 18.3 Å². The molecule has 1 amide bonds. The highest BCUT2D eigenvalue weighted by Crippen LogP contribution is 2.44. The maximum atomic E-state index is 13.3. The standard InChI is InChI=1S/C20H24N4O.ClH/c1-12-4-2-3-5-15(12)19-16-10-21-9-14(16)11-24(19)20(25)18-8-17(22-23-18)13-6-7-13;/h2-5,8,13-14,16,19,21H,6-7,9-11H2,1H3,(H,22,23);1H/t14-,16-,19-;/m0./s1. The number of benzene rings is 1. The summed E-state index contributed by atoms with van der Waals surface area (Å²) in [6.45, 7) is 4.96. The Balaban J connectivity index is 0.00000168. The number of H-pyrrole nitrogens is 1. The number of hydrogen-bond acceptors (Lipinski definition) is 3. The summed E-state index contributed by atoms with van der Waals surface area (Å²) in [4.78, 5) is 15.3. The van der Waals surface area contributed by atoms with E-state index in [4.69, 9.17) is 0 Å². The van der Waals surface area contributed by atoms with Crippen LogP contribution in [0.3, 0.4) is 0 Å². The molecule has 2 N–H and O–H groups in total. The maximum absolute atomic E-state index is 13.3. The van der Waals surface area contributed by atoms with Crippen LogP contribution in [0.4, 0.5) is 0 Å². The van der Waals surface area contributed by atoms with E-state index in [0.717, 1.165) is 25.3 Å². The van der Waals surface area contributed by atoms with Crippen molar-refractivity contribution < 1.29 is 4.79 Å². The van der Waals surface area contributed by atoms with Crippen molar-refractivity contribution in [2.75, 3.05) is 19.6 Å². The van der Waals surface area contributed by atoms with Crippen LogP contribution in [-0.4, -0.2) is 40.6 Å². The molecule has 3 heterocycles. The first-order valence-electron chi connectivity index (χ1n) is 9.35. The van der Waals surface area contributed by atoms with Gasteiger partial charge < -0.3 is 10.2 Å². The van der Waals surface area contributed by atoms with Gasteiger partial charge in [-0.3, -0.25) is 9.89 Å². The van der Waals surface area contributed by atoms with E-state index in [0.29, 0.717) is 23.4 Å². The summed E-state index contributed by atoms with van der Waals surface area (Å²) in [5.74, 6) is 1.69. The smallest absolute Gasteiger partial charge is 0.274 e. The molecule has 5 rings (SSSR count). The first kappa shape index (κ1) is 17.6. The van der Waals surface area contributed by atoms with Crippen molar-refractivity contribution in [1.82, 2.24) is 20.4 Å². The lowest BCUT2D eigenvalue weighted by atomic mass is 9.87. The van der Waals surface area contributed by atoms with Crippen molar-refractivity contribution in [3.05, 3.63) is 52.8 Å². The first-order valence-corrected chi connectivity index (χ1v) is 9.35. The summed E-state index contributed by atoms with van der Waals surface area (Å²) in [5, 5.41) is 10.9. The van der Waals surface area contributed by atoms with Crippen LogP contribution in [0.2, 0.25) is 0 Å². The fourth-order valence-corrected chi connectivity index (χ4v) is 4.64. The molecule has 3 fully saturated rings. The second-order valence-corrected chi connectivity index (χ2v) is 7.82. The Kier molecular flexibility index (Phi) is 4.53. The molecule has 0 radical (unpaired) electrons. The number of likely N-dealkylation sites (tertiary alicyclic amines) is 1. The van der Waals surface area contributed by atoms with E-state index >= 15 is 0 Å². The lowest BCUT2D eigenvalue weighted by Crippen LogP contribution is -2.35. The Bertz CT molecular complexity index is 816. The van der Waals surface area contributed by atoms with Crippen molar-refractivity contribution in [1.29, 1.82) is 0 Å². The van der Waals surface area contributed by atoms with Crippen molar-refractivity contribution in [2.45, 2.75) is 31.7 Å². The summed E-state index contributed by atoms with van der Waals surface area (Å²) in [7, 11) is 0. The van der Waals surface area contributed by atoms with Crippen LogP contribution >= 0.6 is 12.4 Å².